The van der Waals surface area contributed by atoms with E-state index in [1.165, 1.54) is 0 Å². The van der Waals surface area contributed by atoms with E-state index in [1.807, 2.05) is 6.07 Å². The summed E-state index contributed by atoms with van der Waals surface area (Å²) in [6.07, 6.45) is 1.60. The van der Waals surface area contributed by atoms with Gasteiger partial charge in [0.05, 0.1) is 17.1 Å². The van der Waals surface area contributed by atoms with Crippen LogP contribution in [0.2, 0.25) is 0 Å². The molecule has 0 saturated carbocycles. The fourth-order valence-electron chi connectivity index (χ4n) is 1.91. The number of aromatic nitrogens is 2. The van der Waals surface area contributed by atoms with Crippen LogP contribution in [0, 0.1) is 13.8 Å². The number of aryl methyl sites for hydroxylation is 2. The van der Waals surface area contributed by atoms with Crippen molar-refractivity contribution in [3.63, 3.8) is 0 Å². The minimum absolute atomic E-state index is 0.123. The number of nitrogens with one attached hydrogen (secondary N) is 1. The molecule has 0 aliphatic carbocycles. The monoisotopic (exact) mass is 306 g/mol. The summed E-state index contributed by atoms with van der Waals surface area (Å²) in [5.74, 6) is 0.605. The predicted octanol–water partition coefficient (Wildman–Crippen LogP) is 1.03. The number of nitrogens with two attached hydrogens (primary N) is 1. The van der Waals surface area contributed by atoms with Gasteiger partial charge in [-0.3, -0.25) is 0 Å². The number of benzene rings is 1. The molecule has 0 aliphatic rings. The van der Waals surface area contributed by atoms with Crippen molar-refractivity contribution in [3.8, 4) is 0 Å². The number of nitrogens with zero attached hydrogens (tertiary/aromatic N) is 2. The Morgan fingerprint density at radius 1 is 1.24 bits per heavy atom. The van der Waals surface area contributed by atoms with Gasteiger partial charge >= 0.3 is 0 Å². The molecule has 0 radical (unpaired) electrons. The van der Waals surface area contributed by atoms with E-state index in [4.69, 9.17) is 5.73 Å². The number of rotatable bonds is 5. The topological polar surface area (TPSA) is 98.0 Å². The molecule has 7 heteroatoms. The maximum Gasteiger partial charge on any atom is 0.241 e. The third kappa shape index (κ3) is 3.84. The molecule has 0 amide bonds. The minimum Gasteiger partial charge on any atom is -0.326 e. The molecule has 3 N–H and O–H groups in total. The van der Waals surface area contributed by atoms with Gasteiger partial charge < -0.3 is 5.73 Å². The van der Waals surface area contributed by atoms with E-state index in [0.717, 1.165) is 5.56 Å². The van der Waals surface area contributed by atoms with Crippen LogP contribution >= 0.6 is 0 Å². The third-order valence-electron chi connectivity index (χ3n) is 3.05. The highest BCUT2D eigenvalue weighted by atomic mass is 32.2. The van der Waals surface area contributed by atoms with Crippen molar-refractivity contribution in [2.45, 2.75) is 31.8 Å². The molecular formula is C14H18N4O2S. The highest BCUT2D eigenvalue weighted by molar-refractivity contribution is 7.89. The molecule has 21 heavy (non-hydrogen) atoms. The van der Waals surface area contributed by atoms with E-state index in [2.05, 4.69) is 14.7 Å². The lowest BCUT2D eigenvalue weighted by molar-refractivity contribution is 0.579. The molecule has 0 unspecified atom stereocenters. The van der Waals surface area contributed by atoms with Crippen LogP contribution in [-0.4, -0.2) is 18.4 Å². The van der Waals surface area contributed by atoms with E-state index < -0.39 is 10.0 Å². The molecule has 6 nitrogen and oxygen atoms in total. The van der Waals surface area contributed by atoms with Crippen LogP contribution in [-0.2, 0) is 23.1 Å². The average Bonchev–Trinajstić information content (AvgIpc) is 2.46. The molecule has 1 heterocycles. The van der Waals surface area contributed by atoms with Gasteiger partial charge in [0.15, 0.2) is 0 Å². The van der Waals surface area contributed by atoms with Gasteiger partial charge in [-0.05, 0) is 37.1 Å². The first-order chi connectivity index (χ1) is 9.92. The SMILES string of the molecule is Cc1nccc(CNS(=O)(=O)c2cc(CN)ccc2C)n1. The van der Waals surface area contributed by atoms with E-state index in [9.17, 15) is 8.42 Å². The van der Waals surface area contributed by atoms with Gasteiger partial charge in [0, 0.05) is 12.7 Å². The summed E-state index contributed by atoms with van der Waals surface area (Å²) in [6, 6.07) is 6.86. The Labute approximate surface area is 124 Å². The Hall–Kier alpha value is -1.83. The molecule has 1 aromatic carbocycles. The van der Waals surface area contributed by atoms with Gasteiger partial charge in [0.2, 0.25) is 10.0 Å². The lowest BCUT2D eigenvalue weighted by Crippen LogP contribution is -2.25. The summed E-state index contributed by atoms with van der Waals surface area (Å²) in [4.78, 5) is 8.39. The molecule has 0 fully saturated rings. The van der Waals surface area contributed by atoms with Crippen molar-refractivity contribution in [1.82, 2.24) is 14.7 Å². The molecule has 112 valence electrons. The summed E-state index contributed by atoms with van der Waals surface area (Å²) in [5.41, 5.74) is 7.64. The zero-order chi connectivity index (χ0) is 15.5. The first-order valence-corrected chi connectivity index (χ1v) is 7.98. The van der Waals surface area contributed by atoms with Gasteiger partial charge in [-0.15, -0.1) is 0 Å². The zero-order valence-corrected chi connectivity index (χ0v) is 12.8. The highest BCUT2D eigenvalue weighted by Crippen LogP contribution is 2.17. The maximum absolute atomic E-state index is 12.4. The molecule has 0 saturated heterocycles. The molecule has 2 aromatic rings. The highest BCUT2D eigenvalue weighted by Gasteiger charge is 2.17. The fourth-order valence-corrected chi connectivity index (χ4v) is 3.20. The van der Waals surface area contributed by atoms with Crippen molar-refractivity contribution in [1.29, 1.82) is 0 Å². The van der Waals surface area contributed by atoms with Crippen LogP contribution in [0.4, 0.5) is 0 Å². The Bertz CT molecular complexity index is 744. The summed E-state index contributed by atoms with van der Waals surface area (Å²) < 4.78 is 27.3. The van der Waals surface area contributed by atoms with Crippen LogP contribution in [0.3, 0.4) is 0 Å². The quantitative estimate of drug-likeness (QED) is 0.860. The minimum atomic E-state index is -3.60. The molecule has 2 rings (SSSR count). The van der Waals surface area contributed by atoms with Crippen LogP contribution in [0.5, 0.6) is 0 Å². The fraction of sp³-hybridized carbons (Fsp3) is 0.286. The molecular weight excluding hydrogens is 288 g/mol. The first-order valence-electron chi connectivity index (χ1n) is 6.50. The van der Waals surface area contributed by atoms with E-state index in [0.29, 0.717) is 23.6 Å². The van der Waals surface area contributed by atoms with Crippen molar-refractivity contribution < 1.29 is 8.42 Å². The molecule has 0 bridgehead atoms. The standard InChI is InChI=1S/C14H18N4O2S/c1-10-3-4-12(8-15)7-14(10)21(19,20)17-9-13-5-6-16-11(2)18-13/h3-7,17H,8-9,15H2,1-2H3. The number of hydrogen-bond donors (Lipinski definition) is 2. The van der Waals surface area contributed by atoms with Gasteiger partial charge in [-0.25, -0.2) is 23.1 Å². The summed E-state index contributed by atoms with van der Waals surface area (Å²) in [6.45, 7) is 3.93. The number of hydrogen-bond acceptors (Lipinski definition) is 5. The normalized spacial score (nSPS) is 11.6. The van der Waals surface area contributed by atoms with E-state index >= 15 is 0 Å². The average molecular weight is 306 g/mol. The number of sulfonamides is 1. The second-order valence-corrected chi connectivity index (χ2v) is 6.46. The Morgan fingerprint density at radius 3 is 2.67 bits per heavy atom. The Kier molecular flexibility index (Phi) is 4.66. The summed E-state index contributed by atoms with van der Waals surface area (Å²) in [5, 5.41) is 0. The van der Waals surface area contributed by atoms with Crippen LogP contribution in [0.15, 0.2) is 35.4 Å². The first kappa shape index (κ1) is 15.6. The largest absolute Gasteiger partial charge is 0.326 e. The van der Waals surface area contributed by atoms with Crippen LogP contribution in [0.1, 0.15) is 22.6 Å². The van der Waals surface area contributed by atoms with Gasteiger partial charge in [0.25, 0.3) is 0 Å². The van der Waals surface area contributed by atoms with Crippen molar-refractivity contribution in [3.05, 3.63) is 53.1 Å². The lowest BCUT2D eigenvalue weighted by atomic mass is 10.1. The lowest BCUT2D eigenvalue weighted by Gasteiger charge is -2.10. The summed E-state index contributed by atoms with van der Waals surface area (Å²) in [7, 11) is -3.60. The Balaban J connectivity index is 2.22. The van der Waals surface area contributed by atoms with E-state index in [-0.39, 0.29) is 11.4 Å². The molecule has 0 spiro atoms. The molecule has 0 aliphatic heterocycles. The van der Waals surface area contributed by atoms with E-state index in [1.54, 1.807) is 38.2 Å². The van der Waals surface area contributed by atoms with Crippen molar-refractivity contribution in [2.24, 2.45) is 5.73 Å². The maximum atomic E-state index is 12.4. The Morgan fingerprint density at radius 2 is 2.00 bits per heavy atom. The van der Waals surface area contributed by atoms with Gasteiger partial charge in [-0.1, -0.05) is 12.1 Å². The van der Waals surface area contributed by atoms with Crippen LogP contribution in [0.25, 0.3) is 0 Å². The second kappa shape index (κ2) is 6.30. The van der Waals surface area contributed by atoms with Crippen molar-refractivity contribution >= 4 is 10.0 Å². The molecule has 1 aromatic heterocycles. The van der Waals surface area contributed by atoms with Gasteiger partial charge in [-0.2, -0.15) is 0 Å². The summed E-state index contributed by atoms with van der Waals surface area (Å²) >= 11 is 0. The zero-order valence-electron chi connectivity index (χ0n) is 12.0. The molecule has 0 atom stereocenters. The van der Waals surface area contributed by atoms with Crippen molar-refractivity contribution in [2.75, 3.05) is 0 Å². The van der Waals surface area contributed by atoms with Gasteiger partial charge in [0.1, 0.15) is 5.82 Å². The smallest absolute Gasteiger partial charge is 0.241 e. The predicted molar refractivity (Wildman–Crippen MR) is 79.9 cm³/mol. The third-order valence-corrected chi connectivity index (χ3v) is 4.60. The van der Waals surface area contributed by atoms with Crippen LogP contribution < -0.4 is 10.5 Å². The second-order valence-electron chi connectivity index (χ2n) is 4.72.